The van der Waals surface area contributed by atoms with Gasteiger partial charge in [0.05, 0.1) is 11.7 Å². The van der Waals surface area contributed by atoms with Gasteiger partial charge in [0.25, 0.3) is 0 Å². The molecule has 3 N–H and O–H groups in total. The molecule has 3 unspecified atom stereocenters. The summed E-state index contributed by atoms with van der Waals surface area (Å²) in [6.45, 7) is 9.22. The fourth-order valence-electron chi connectivity index (χ4n) is 3.55. The molecule has 1 heterocycles. The summed E-state index contributed by atoms with van der Waals surface area (Å²) in [5.74, 6) is 0.437. The largest absolute Gasteiger partial charge is 0.388 e. The van der Waals surface area contributed by atoms with Gasteiger partial charge in [0.15, 0.2) is 0 Å². The zero-order chi connectivity index (χ0) is 15.0. The lowest BCUT2D eigenvalue weighted by Crippen LogP contribution is -2.68. The van der Waals surface area contributed by atoms with E-state index in [1.165, 1.54) is 0 Å². The second kappa shape index (κ2) is 5.53. The van der Waals surface area contributed by atoms with Crippen molar-refractivity contribution in [2.45, 2.75) is 64.7 Å². The number of rotatable bonds is 5. The van der Waals surface area contributed by atoms with Gasteiger partial charge in [-0.1, -0.05) is 27.7 Å². The van der Waals surface area contributed by atoms with E-state index < -0.39 is 5.60 Å². The van der Waals surface area contributed by atoms with Gasteiger partial charge in [-0.05, 0) is 19.3 Å². The average Bonchev–Trinajstić information content (AvgIpc) is 2.89. The van der Waals surface area contributed by atoms with Crippen molar-refractivity contribution in [1.29, 1.82) is 0 Å². The fourth-order valence-corrected chi connectivity index (χ4v) is 3.55. The van der Waals surface area contributed by atoms with Gasteiger partial charge in [-0.25, -0.2) is 4.79 Å². The first kappa shape index (κ1) is 15.6. The van der Waals surface area contributed by atoms with E-state index in [9.17, 15) is 9.90 Å². The molecule has 5 nitrogen and oxygen atoms in total. The van der Waals surface area contributed by atoms with Gasteiger partial charge in [0, 0.05) is 30.5 Å². The minimum Gasteiger partial charge on any atom is -0.388 e. The molecule has 2 aliphatic rings. The molecule has 1 aliphatic carbocycles. The molecule has 3 atom stereocenters. The Balaban J connectivity index is 1.83. The van der Waals surface area contributed by atoms with Gasteiger partial charge < -0.3 is 20.5 Å². The van der Waals surface area contributed by atoms with Crippen molar-refractivity contribution < 1.29 is 14.6 Å². The molecule has 1 saturated heterocycles. The molecule has 0 spiro atoms. The van der Waals surface area contributed by atoms with Gasteiger partial charge in [-0.15, -0.1) is 0 Å². The van der Waals surface area contributed by atoms with Crippen LogP contribution in [0.2, 0.25) is 0 Å². The summed E-state index contributed by atoms with van der Waals surface area (Å²) in [7, 11) is 0. The average molecular weight is 284 g/mol. The van der Waals surface area contributed by atoms with E-state index in [0.717, 1.165) is 13.0 Å². The molecular formula is C15H28N2O3. The van der Waals surface area contributed by atoms with E-state index in [-0.39, 0.29) is 23.6 Å². The van der Waals surface area contributed by atoms with Crippen LogP contribution in [0.4, 0.5) is 4.79 Å². The zero-order valence-electron chi connectivity index (χ0n) is 13.0. The summed E-state index contributed by atoms with van der Waals surface area (Å²) in [5, 5.41) is 16.0. The molecule has 20 heavy (non-hydrogen) atoms. The lowest BCUT2D eigenvalue weighted by Gasteiger charge is -2.54. The predicted molar refractivity (Wildman–Crippen MR) is 77.5 cm³/mol. The Kier molecular flexibility index (Phi) is 4.30. The molecule has 2 rings (SSSR count). The van der Waals surface area contributed by atoms with Crippen molar-refractivity contribution in [3.8, 4) is 0 Å². The maximum absolute atomic E-state index is 12.0. The quantitative estimate of drug-likeness (QED) is 0.719. The Morgan fingerprint density at radius 1 is 1.40 bits per heavy atom. The number of hydrogen-bond acceptors (Lipinski definition) is 3. The third kappa shape index (κ3) is 2.66. The molecule has 2 amide bonds. The second-order valence-electron chi connectivity index (χ2n) is 6.80. The molecule has 0 bridgehead atoms. The number of fused-ring (bicyclic) bond motifs is 1. The summed E-state index contributed by atoms with van der Waals surface area (Å²) in [6, 6.07) is -0.0277. The van der Waals surface area contributed by atoms with Crippen molar-refractivity contribution in [3.63, 3.8) is 0 Å². The van der Waals surface area contributed by atoms with Gasteiger partial charge in [0.1, 0.15) is 0 Å². The first-order valence-electron chi connectivity index (χ1n) is 7.72. The van der Waals surface area contributed by atoms with Crippen LogP contribution in [0.1, 0.15) is 47.0 Å². The number of ether oxygens (including phenoxy) is 1. The first-order valence-corrected chi connectivity index (χ1v) is 7.72. The predicted octanol–water partition coefficient (Wildman–Crippen LogP) is 1.65. The zero-order valence-corrected chi connectivity index (χ0v) is 13.0. The van der Waals surface area contributed by atoms with Crippen LogP contribution in [0, 0.1) is 11.3 Å². The van der Waals surface area contributed by atoms with Crippen LogP contribution >= 0.6 is 0 Å². The molecule has 0 aromatic heterocycles. The van der Waals surface area contributed by atoms with Crippen LogP contribution in [0.25, 0.3) is 0 Å². The smallest absolute Gasteiger partial charge is 0.315 e. The molecule has 0 aromatic carbocycles. The summed E-state index contributed by atoms with van der Waals surface area (Å²) in [4.78, 5) is 12.0. The molecule has 0 aromatic rings. The number of aliphatic hydroxyl groups is 1. The molecule has 116 valence electrons. The van der Waals surface area contributed by atoms with Crippen LogP contribution in [-0.2, 0) is 4.74 Å². The summed E-state index contributed by atoms with van der Waals surface area (Å²) in [6.07, 6.45) is 2.57. The Morgan fingerprint density at radius 2 is 2.05 bits per heavy atom. The van der Waals surface area contributed by atoms with Crippen LogP contribution in [0.5, 0.6) is 0 Å². The number of nitrogens with one attached hydrogen (secondary N) is 2. The lowest BCUT2D eigenvalue weighted by atomic mass is 9.57. The summed E-state index contributed by atoms with van der Waals surface area (Å²) < 4.78 is 5.72. The van der Waals surface area contributed by atoms with E-state index in [0.29, 0.717) is 25.3 Å². The maximum atomic E-state index is 12.0. The highest BCUT2D eigenvalue weighted by Gasteiger charge is 2.59. The van der Waals surface area contributed by atoms with E-state index in [2.05, 4.69) is 24.5 Å². The van der Waals surface area contributed by atoms with Gasteiger partial charge in [0.2, 0.25) is 0 Å². The maximum Gasteiger partial charge on any atom is 0.315 e. The highest BCUT2D eigenvalue weighted by atomic mass is 16.5. The van der Waals surface area contributed by atoms with Crippen LogP contribution < -0.4 is 10.6 Å². The van der Waals surface area contributed by atoms with E-state index in [1.54, 1.807) is 0 Å². The topological polar surface area (TPSA) is 70.6 Å². The molecule has 2 fully saturated rings. The van der Waals surface area contributed by atoms with Crippen LogP contribution in [0.3, 0.4) is 0 Å². The van der Waals surface area contributed by atoms with Gasteiger partial charge >= 0.3 is 6.03 Å². The number of carbonyl (C=O) groups is 1. The highest BCUT2D eigenvalue weighted by Crippen LogP contribution is 2.52. The molecule has 1 saturated carbocycles. The van der Waals surface area contributed by atoms with Crippen molar-refractivity contribution in [2.75, 3.05) is 13.2 Å². The number of amides is 2. The Labute approximate surface area is 121 Å². The van der Waals surface area contributed by atoms with Crippen molar-refractivity contribution >= 4 is 6.03 Å². The third-order valence-corrected chi connectivity index (χ3v) is 5.28. The lowest BCUT2D eigenvalue weighted by molar-refractivity contribution is -0.108. The van der Waals surface area contributed by atoms with Gasteiger partial charge in [-0.2, -0.15) is 0 Å². The number of carbonyl (C=O) groups excluding carboxylic acids is 1. The fraction of sp³-hybridized carbons (Fsp3) is 0.933. The number of urea groups is 1. The standard InChI is InChI=1S/C15H28N2O3/c1-5-15(19,6-2)9-16-13(18)17-11-10-7-8-20-12(10)14(11,3)4/h10-12,19H,5-9H2,1-4H3,(H2,16,17,18). The molecular weight excluding hydrogens is 256 g/mol. The molecule has 5 heteroatoms. The second-order valence-corrected chi connectivity index (χ2v) is 6.80. The van der Waals surface area contributed by atoms with E-state index >= 15 is 0 Å². The SMILES string of the molecule is CCC(O)(CC)CNC(=O)NC1C2CCOC2C1(C)C. The minimum absolute atomic E-state index is 0.00960. The Hall–Kier alpha value is -0.810. The van der Waals surface area contributed by atoms with Crippen LogP contribution in [-0.4, -0.2) is 42.0 Å². The normalized spacial score (nSPS) is 31.4. The summed E-state index contributed by atoms with van der Waals surface area (Å²) in [5.41, 5.74) is -0.810. The molecule has 0 radical (unpaired) electrons. The molecule has 1 aliphatic heterocycles. The third-order valence-electron chi connectivity index (χ3n) is 5.28. The van der Waals surface area contributed by atoms with Crippen molar-refractivity contribution in [3.05, 3.63) is 0 Å². The summed E-state index contributed by atoms with van der Waals surface area (Å²) >= 11 is 0. The minimum atomic E-state index is -0.800. The highest BCUT2D eigenvalue weighted by molar-refractivity contribution is 5.74. The van der Waals surface area contributed by atoms with Crippen LogP contribution in [0.15, 0.2) is 0 Å². The monoisotopic (exact) mass is 284 g/mol. The Morgan fingerprint density at radius 3 is 2.65 bits per heavy atom. The van der Waals surface area contributed by atoms with Crippen molar-refractivity contribution in [1.82, 2.24) is 10.6 Å². The van der Waals surface area contributed by atoms with Gasteiger partial charge in [-0.3, -0.25) is 0 Å². The number of hydrogen-bond donors (Lipinski definition) is 3. The first-order chi connectivity index (χ1) is 9.34. The van der Waals surface area contributed by atoms with Crippen molar-refractivity contribution in [2.24, 2.45) is 11.3 Å². The van der Waals surface area contributed by atoms with E-state index in [1.807, 2.05) is 13.8 Å². The Bertz CT molecular complexity index is 366. The van der Waals surface area contributed by atoms with E-state index in [4.69, 9.17) is 4.74 Å².